The van der Waals surface area contributed by atoms with E-state index in [1.54, 1.807) is 31.2 Å². The number of nitrogens with one attached hydrogen (secondary N) is 2. The molecule has 21 heavy (non-hydrogen) atoms. The molecule has 0 atom stereocenters. The van der Waals surface area contributed by atoms with Crippen LogP contribution in [0.15, 0.2) is 30.3 Å². The van der Waals surface area contributed by atoms with Crippen molar-refractivity contribution in [2.24, 2.45) is 0 Å². The van der Waals surface area contributed by atoms with Gasteiger partial charge >= 0.3 is 12.0 Å². The van der Waals surface area contributed by atoms with Crippen molar-refractivity contribution in [2.45, 2.75) is 6.92 Å². The standard InChI is InChI=1S/C13H12N4O3S/c1-8-16-17-13(21-8)15-12(20)14-10-4-2-3-9(7-10)5-6-11(18)19/h2-7H,1H3,(H,18,19)(H2,14,15,17,20)/b6-5+. The van der Waals surface area contributed by atoms with Crippen molar-refractivity contribution in [2.75, 3.05) is 10.6 Å². The second kappa shape index (κ2) is 6.62. The summed E-state index contributed by atoms with van der Waals surface area (Å²) in [5.74, 6) is -1.03. The molecule has 2 aromatic rings. The summed E-state index contributed by atoms with van der Waals surface area (Å²) in [5, 5.41) is 22.5. The van der Waals surface area contributed by atoms with Crippen LogP contribution in [0.4, 0.5) is 15.6 Å². The highest BCUT2D eigenvalue weighted by molar-refractivity contribution is 7.15. The Morgan fingerprint density at radius 3 is 2.76 bits per heavy atom. The van der Waals surface area contributed by atoms with Gasteiger partial charge in [-0.2, -0.15) is 0 Å². The van der Waals surface area contributed by atoms with Gasteiger partial charge in [0.1, 0.15) is 5.01 Å². The maximum absolute atomic E-state index is 11.8. The van der Waals surface area contributed by atoms with Crippen LogP contribution in [-0.2, 0) is 4.79 Å². The zero-order chi connectivity index (χ0) is 15.2. The number of benzene rings is 1. The van der Waals surface area contributed by atoms with Crippen LogP contribution >= 0.6 is 11.3 Å². The molecule has 0 saturated carbocycles. The summed E-state index contributed by atoms with van der Waals surface area (Å²) in [5.41, 5.74) is 1.21. The lowest BCUT2D eigenvalue weighted by Crippen LogP contribution is -2.19. The van der Waals surface area contributed by atoms with Gasteiger partial charge in [-0.3, -0.25) is 5.32 Å². The smallest absolute Gasteiger partial charge is 0.328 e. The fourth-order valence-corrected chi connectivity index (χ4v) is 2.08. The number of aromatic nitrogens is 2. The Bertz CT molecular complexity index is 696. The topological polar surface area (TPSA) is 104 Å². The number of hydrogen-bond acceptors (Lipinski definition) is 5. The average Bonchev–Trinajstić information content (AvgIpc) is 2.82. The SMILES string of the molecule is Cc1nnc(NC(=O)Nc2cccc(/C=C/C(=O)O)c2)s1. The number of carbonyl (C=O) groups excluding carboxylic acids is 1. The zero-order valence-corrected chi connectivity index (χ0v) is 11.8. The number of urea groups is 1. The molecule has 0 radical (unpaired) electrons. The first-order valence-corrected chi connectivity index (χ1v) is 6.74. The molecule has 7 nitrogen and oxygen atoms in total. The fourth-order valence-electron chi connectivity index (χ4n) is 1.49. The van der Waals surface area contributed by atoms with Gasteiger partial charge in [-0.15, -0.1) is 10.2 Å². The Kier molecular flexibility index (Phi) is 4.62. The Morgan fingerprint density at radius 2 is 2.10 bits per heavy atom. The maximum atomic E-state index is 11.8. The van der Waals surface area contributed by atoms with E-state index in [1.807, 2.05) is 0 Å². The summed E-state index contributed by atoms with van der Waals surface area (Å²) in [7, 11) is 0. The molecule has 0 aliphatic rings. The Balaban J connectivity index is 2.00. The first kappa shape index (κ1) is 14.7. The number of carboxylic acids is 1. The van der Waals surface area contributed by atoms with Crippen molar-refractivity contribution in [3.63, 3.8) is 0 Å². The molecule has 0 aliphatic heterocycles. The van der Waals surface area contributed by atoms with Gasteiger partial charge in [-0.1, -0.05) is 23.5 Å². The molecule has 1 heterocycles. The van der Waals surface area contributed by atoms with Crippen LogP contribution in [0.3, 0.4) is 0 Å². The third kappa shape index (κ3) is 4.69. The van der Waals surface area contributed by atoms with Crippen molar-refractivity contribution in [1.82, 2.24) is 10.2 Å². The highest BCUT2D eigenvalue weighted by Gasteiger charge is 2.06. The van der Waals surface area contributed by atoms with Crippen molar-refractivity contribution in [3.8, 4) is 0 Å². The summed E-state index contributed by atoms with van der Waals surface area (Å²) >= 11 is 1.27. The number of anilines is 2. The lowest BCUT2D eigenvalue weighted by atomic mass is 10.2. The van der Waals surface area contributed by atoms with E-state index in [0.29, 0.717) is 16.4 Å². The predicted molar refractivity (Wildman–Crippen MR) is 80.4 cm³/mol. The van der Waals surface area contributed by atoms with Crippen LogP contribution in [-0.4, -0.2) is 27.3 Å². The summed E-state index contributed by atoms with van der Waals surface area (Å²) in [6.07, 6.45) is 2.47. The predicted octanol–water partition coefficient (Wildman–Crippen LogP) is 2.59. The van der Waals surface area contributed by atoms with E-state index < -0.39 is 12.0 Å². The van der Waals surface area contributed by atoms with Gasteiger partial charge in [0.25, 0.3) is 0 Å². The molecule has 108 valence electrons. The zero-order valence-electron chi connectivity index (χ0n) is 11.0. The van der Waals surface area contributed by atoms with Crippen LogP contribution in [0.25, 0.3) is 6.08 Å². The summed E-state index contributed by atoms with van der Waals surface area (Å²) in [4.78, 5) is 22.2. The summed E-state index contributed by atoms with van der Waals surface area (Å²) < 4.78 is 0. The number of aryl methyl sites for hydroxylation is 1. The molecule has 0 unspecified atom stereocenters. The molecule has 1 aromatic heterocycles. The number of rotatable bonds is 4. The van der Waals surface area contributed by atoms with Crippen LogP contribution in [0.5, 0.6) is 0 Å². The number of aliphatic carboxylic acids is 1. The molecule has 0 aliphatic carbocycles. The van der Waals surface area contributed by atoms with Gasteiger partial charge in [-0.25, -0.2) is 9.59 Å². The summed E-state index contributed by atoms with van der Waals surface area (Å²) in [6.45, 7) is 1.79. The van der Waals surface area contributed by atoms with Gasteiger partial charge in [0.15, 0.2) is 0 Å². The maximum Gasteiger partial charge on any atom is 0.328 e. The monoisotopic (exact) mass is 304 g/mol. The minimum Gasteiger partial charge on any atom is -0.478 e. The van der Waals surface area contributed by atoms with E-state index in [-0.39, 0.29) is 0 Å². The highest BCUT2D eigenvalue weighted by Crippen LogP contribution is 2.15. The molecule has 1 aromatic carbocycles. The lowest BCUT2D eigenvalue weighted by Gasteiger charge is -2.05. The molecule has 3 N–H and O–H groups in total. The largest absolute Gasteiger partial charge is 0.478 e. The average molecular weight is 304 g/mol. The van der Waals surface area contributed by atoms with E-state index in [4.69, 9.17) is 5.11 Å². The van der Waals surface area contributed by atoms with Crippen molar-refractivity contribution in [1.29, 1.82) is 0 Å². The quantitative estimate of drug-likeness (QED) is 0.753. The second-order valence-electron chi connectivity index (χ2n) is 4.00. The Hall–Kier alpha value is -2.74. The van der Waals surface area contributed by atoms with E-state index in [0.717, 1.165) is 11.1 Å². The molecule has 2 rings (SSSR count). The third-order valence-electron chi connectivity index (χ3n) is 2.31. The third-order valence-corrected chi connectivity index (χ3v) is 3.06. The number of amides is 2. The number of carbonyl (C=O) groups is 2. The molecule has 0 spiro atoms. The molecule has 8 heteroatoms. The van der Waals surface area contributed by atoms with Gasteiger partial charge in [0.05, 0.1) is 0 Å². The van der Waals surface area contributed by atoms with E-state index in [1.165, 1.54) is 17.4 Å². The Morgan fingerprint density at radius 1 is 1.29 bits per heavy atom. The first-order valence-electron chi connectivity index (χ1n) is 5.92. The van der Waals surface area contributed by atoms with Gasteiger partial charge in [0, 0.05) is 11.8 Å². The van der Waals surface area contributed by atoms with Crippen LogP contribution in [0.1, 0.15) is 10.6 Å². The minimum atomic E-state index is -1.03. The number of carboxylic acid groups (broad SMARTS) is 1. The minimum absolute atomic E-state index is 0.409. The fraction of sp³-hybridized carbons (Fsp3) is 0.0769. The number of nitrogens with zero attached hydrogens (tertiary/aromatic N) is 2. The van der Waals surface area contributed by atoms with E-state index >= 15 is 0 Å². The Labute approximate surface area is 124 Å². The van der Waals surface area contributed by atoms with E-state index in [9.17, 15) is 9.59 Å². The molecule has 2 amide bonds. The summed E-state index contributed by atoms with van der Waals surface area (Å²) in [6, 6.07) is 6.36. The highest BCUT2D eigenvalue weighted by atomic mass is 32.1. The van der Waals surface area contributed by atoms with Crippen molar-refractivity contribution >= 4 is 40.2 Å². The van der Waals surface area contributed by atoms with Gasteiger partial charge in [-0.05, 0) is 30.7 Å². The van der Waals surface area contributed by atoms with Gasteiger partial charge in [0.2, 0.25) is 5.13 Å². The number of hydrogen-bond donors (Lipinski definition) is 3. The van der Waals surface area contributed by atoms with Crippen LogP contribution in [0, 0.1) is 6.92 Å². The molecular weight excluding hydrogens is 292 g/mol. The van der Waals surface area contributed by atoms with Gasteiger partial charge < -0.3 is 10.4 Å². The first-order chi connectivity index (χ1) is 10.0. The van der Waals surface area contributed by atoms with Crippen LogP contribution in [0.2, 0.25) is 0 Å². The van der Waals surface area contributed by atoms with Crippen molar-refractivity contribution in [3.05, 3.63) is 40.9 Å². The lowest BCUT2D eigenvalue weighted by molar-refractivity contribution is -0.131. The normalized spacial score (nSPS) is 10.5. The molecule has 0 saturated heterocycles. The van der Waals surface area contributed by atoms with E-state index in [2.05, 4.69) is 20.8 Å². The van der Waals surface area contributed by atoms with Crippen molar-refractivity contribution < 1.29 is 14.7 Å². The molecule has 0 bridgehead atoms. The van der Waals surface area contributed by atoms with Crippen LogP contribution < -0.4 is 10.6 Å². The molecular formula is C13H12N4O3S. The molecule has 0 fully saturated rings. The second-order valence-corrected chi connectivity index (χ2v) is 5.18.